The average molecular weight is 291 g/mol. The Bertz CT molecular complexity index is 665. The molecule has 0 saturated heterocycles. The molecule has 0 aliphatic rings. The van der Waals surface area contributed by atoms with E-state index in [1.807, 2.05) is 6.92 Å². The molecule has 2 rings (SSSR count). The summed E-state index contributed by atoms with van der Waals surface area (Å²) in [5, 5.41) is 14.3. The zero-order chi connectivity index (χ0) is 15.4. The minimum Gasteiger partial charge on any atom is -0.383 e. The Balaban J connectivity index is 2.18. The van der Waals surface area contributed by atoms with E-state index < -0.39 is 4.92 Å². The summed E-state index contributed by atoms with van der Waals surface area (Å²) < 4.78 is 6.65. The highest BCUT2D eigenvalue weighted by Crippen LogP contribution is 2.26. The number of nitro groups is 1. The summed E-state index contributed by atoms with van der Waals surface area (Å²) in [5.74, 6) is -0.163. The highest BCUT2D eigenvalue weighted by Gasteiger charge is 2.15. The van der Waals surface area contributed by atoms with Gasteiger partial charge in [-0.2, -0.15) is 0 Å². The van der Waals surface area contributed by atoms with Gasteiger partial charge in [0.1, 0.15) is 6.54 Å². The second-order valence-corrected chi connectivity index (χ2v) is 4.83. The Hall–Kier alpha value is -2.41. The minimum absolute atomic E-state index is 0.0411. The van der Waals surface area contributed by atoms with E-state index in [4.69, 9.17) is 4.74 Å². The molecule has 2 aromatic rings. The van der Waals surface area contributed by atoms with Crippen LogP contribution in [0.5, 0.6) is 0 Å². The molecular weight excluding hydrogens is 274 g/mol. The van der Waals surface area contributed by atoms with Crippen LogP contribution in [-0.4, -0.2) is 35.2 Å². The summed E-state index contributed by atoms with van der Waals surface area (Å²) in [6.45, 7) is 2.39. The second-order valence-electron chi connectivity index (χ2n) is 4.83. The number of non-ortho nitro benzene ring substituents is 1. The predicted molar refractivity (Wildman–Crippen MR) is 78.1 cm³/mol. The van der Waals surface area contributed by atoms with Crippen molar-refractivity contribution >= 4 is 22.5 Å². The van der Waals surface area contributed by atoms with Crippen LogP contribution in [0.15, 0.2) is 30.5 Å². The Morgan fingerprint density at radius 2 is 2.24 bits per heavy atom. The van der Waals surface area contributed by atoms with E-state index in [-0.39, 0.29) is 24.2 Å². The van der Waals surface area contributed by atoms with Crippen LogP contribution >= 0.6 is 0 Å². The molecule has 1 unspecified atom stereocenters. The van der Waals surface area contributed by atoms with Crippen molar-refractivity contribution in [1.29, 1.82) is 0 Å². The Labute approximate surface area is 121 Å². The summed E-state index contributed by atoms with van der Waals surface area (Å²) in [5.41, 5.74) is 0.707. The molecule has 0 spiro atoms. The maximum absolute atomic E-state index is 11.9. The van der Waals surface area contributed by atoms with Crippen molar-refractivity contribution in [2.75, 3.05) is 13.7 Å². The molecule has 0 aliphatic heterocycles. The highest BCUT2D eigenvalue weighted by molar-refractivity contribution is 5.90. The van der Waals surface area contributed by atoms with Gasteiger partial charge in [-0.05, 0) is 19.1 Å². The van der Waals surface area contributed by atoms with Gasteiger partial charge in [0.2, 0.25) is 5.91 Å². The maximum atomic E-state index is 11.9. The number of methoxy groups -OCH3 is 1. The molecule has 1 amide bonds. The molecule has 7 nitrogen and oxygen atoms in total. The lowest BCUT2D eigenvalue weighted by Gasteiger charge is -2.13. The largest absolute Gasteiger partial charge is 0.383 e. The van der Waals surface area contributed by atoms with Gasteiger partial charge in [-0.1, -0.05) is 6.07 Å². The van der Waals surface area contributed by atoms with E-state index in [0.29, 0.717) is 17.5 Å². The van der Waals surface area contributed by atoms with Crippen molar-refractivity contribution in [3.8, 4) is 0 Å². The van der Waals surface area contributed by atoms with E-state index in [9.17, 15) is 14.9 Å². The molecule has 21 heavy (non-hydrogen) atoms. The molecule has 1 N–H and O–H groups in total. The maximum Gasteiger partial charge on any atom is 0.278 e. The van der Waals surface area contributed by atoms with E-state index in [1.165, 1.54) is 6.07 Å². The average Bonchev–Trinajstić information content (AvgIpc) is 2.81. The smallest absolute Gasteiger partial charge is 0.278 e. The zero-order valence-electron chi connectivity index (χ0n) is 11.9. The number of rotatable bonds is 6. The molecule has 1 aromatic carbocycles. The number of nitrogens with zero attached hydrogens (tertiary/aromatic N) is 2. The second kappa shape index (κ2) is 6.36. The van der Waals surface area contributed by atoms with Crippen molar-refractivity contribution in [2.24, 2.45) is 0 Å². The fourth-order valence-corrected chi connectivity index (χ4v) is 2.27. The lowest BCUT2D eigenvalue weighted by atomic mass is 10.2. The number of ether oxygens (including phenoxy) is 1. The van der Waals surface area contributed by atoms with Gasteiger partial charge in [-0.3, -0.25) is 14.9 Å². The van der Waals surface area contributed by atoms with Gasteiger partial charge in [0.15, 0.2) is 0 Å². The lowest BCUT2D eigenvalue weighted by Crippen LogP contribution is -2.37. The van der Waals surface area contributed by atoms with Gasteiger partial charge >= 0.3 is 0 Å². The van der Waals surface area contributed by atoms with E-state index in [2.05, 4.69) is 5.32 Å². The van der Waals surface area contributed by atoms with Gasteiger partial charge in [-0.25, -0.2) is 0 Å². The number of carbonyl (C=O) groups excluding carboxylic acids is 1. The Morgan fingerprint density at radius 3 is 2.90 bits per heavy atom. The van der Waals surface area contributed by atoms with Crippen molar-refractivity contribution in [3.63, 3.8) is 0 Å². The SMILES string of the molecule is COCC(C)NC(=O)Cn1ccc2c([N+](=O)[O-])cccc21. The third-order valence-electron chi connectivity index (χ3n) is 3.13. The topological polar surface area (TPSA) is 86.4 Å². The van der Waals surface area contributed by atoms with Gasteiger partial charge in [0.05, 0.1) is 22.4 Å². The zero-order valence-corrected chi connectivity index (χ0v) is 11.9. The van der Waals surface area contributed by atoms with Gasteiger partial charge in [-0.15, -0.1) is 0 Å². The van der Waals surface area contributed by atoms with Crippen molar-refractivity contribution < 1.29 is 14.5 Å². The van der Waals surface area contributed by atoms with Crippen LogP contribution in [0.25, 0.3) is 10.9 Å². The number of hydrogen-bond acceptors (Lipinski definition) is 4. The monoisotopic (exact) mass is 291 g/mol. The van der Waals surface area contributed by atoms with E-state index >= 15 is 0 Å². The molecule has 7 heteroatoms. The number of amides is 1. The minimum atomic E-state index is -0.423. The van der Waals surface area contributed by atoms with Crippen LogP contribution in [0.2, 0.25) is 0 Å². The fraction of sp³-hybridized carbons (Fsp3) is 0.357. The molecule has 1 atom stereocenters. The number of nitro benzene ring substituents is 1. The molecule has 0 aliphatic carbocycles. The molecule has 1 heterocycles. The third kappa shape index (κ3) is 3.38. The van der Waals surface area contributed by atoms with Gasteiger partial charge < -0.3 is 14.6 Å². The van der Waals surface area contributed by atoms with Crippen LogP contribution in [0.1, 0.15) is 6.92 Å². The summed E-state index contributed by atoms with van der Waals surface area (Å²) in [4.78, 5) is 22.5. The quantitative estimate of drug-likeness (QED) is 0.648. The summed E-state index contributed by atoms with van der Waals surface area (Å²) in [6.07, 6.45) is 1.68. The first-order valence-corrected chi connectivity index (χ1v) is 6.53. The number of carbonyl (C=O) groups is 1. The number of hydrogen-bond donors (Lipinski definition) is 1. The Morgan fingerprint density at radius 1 is 1.48 bits per heavy atom. The molecular formula is C14H17N3O4. The summed E-state index contributed by atoms with van der Waals surface area (Å²) >= 11 is 0. The molecule has 0 saturated carbocycles. The third-order valence-corrected chi connectivity index (χ3v) is 3.13. The fourth-order valence-electron chi connectivity index (χ4n) is 2.27. The van der Waals surface area contributed by atoms with Crippen LogP contribution in [0, 0.1) is 10.1 Å². The van der Waals surface area contributed by atoms with Gasteiger partial charge in [0.25, 0.3) is 5.69 Å². The van der Waals surface area contributed by atoms with Crippen molar-refractivity contribution in [3.05, 3.63) is 40.6 Å². The van der Waals surface area contributed by atoms with Crippen molar-refractivity contribution in [1.82, 2.24) is 9.88 Å². The number of aromatic nitrogens is 1. The number of fused-ring (bicyclic) bond motifs is 1. The molecule has 1 aromatic heterocycles. The summed E-state index contributed by atoms with van der Waals surface area (Å²) in [6, 6.07) is 6.39. The molecule has 0 bridgehead atoms. The Kier molecular flexibility index (Phi) is 4.54. The van der Waals surface area contributed by atoms with Crippen LogP contribution in [0.3, 0.4) is 0 Å². The van der Waals surface area contributed by atoms with E-state index in [1.54, 1.807) is 36.1 Å². The van der Waals surface area contributed by atoms with Crippen LogP contribution in [0.4, 0.5) is 5.69 Å². The first-order chi connectivity index (χ1) is 10.0. The number of nitrogens with one attached hydrogen (secondary N) is 1. The standard InChI is InChI=1S/C14H17N3O4/c1-10(9-21-2)15-14(18)8-16-7-6-11-12(16)4-3-5-13(11)17(19)20/h3-7,10H,8-9H2,1-2H3,(H,15,18). The molecule has 0 fully saturated rings. The van der Waals surface area contributed by atoms with Crippen molar-refractivity contribution in [2.45, 2.75) is 19.5 Å². The lowest BCUT2D eigenvalue weighted by molar-refractivity contribution is -0.383. The molecule has 0 radical (unpaired) electrons. The summed E-state index contributed by atoms with van der Waals surface area (Å²) in [7, 11) is 1.57. The normalized spacial score (nSPS) is 12.3. The van der Waals surface area contributed by atoms with Gasteiger partial charge in [0, 0.05) is 25.4 Å². The number of benzene rings is 1. The van der Waals surface area contributed by atoms with Crippen LogP contribution in [-0.2, 0) is 16.1 Å². The first-order valence-electron chi connectivity index (χ1n) is 6.53. The highest BCUT2D eigenvalue weighted by atomic mass is 16.6. The molecule has 112 valence electrons. The predicted octanol–water partition coefficient (Wildman–Crippen LogP) is 1.70. The van der Waals surface area contributed by atoms with E-state index in [0.717, 1.165) is 0 Å². The van der Waals surface area contributed by atoms with Crippen LogP contribution < -0.4 is 5.32 Å². The first kappa shape index (κ1) is 15.0.